The first-order valence-corrected chi connectivity index (χ1v) is 9.48. The molecule has 0 aliphatic rings. The molecule has 0 saturated carbocycles. The molecule has 2 heterocycles. The van der Waals surface area contributed by atoms with Crippen molar-refractivity contribution in [3.63, 3.8) is 0 Å². The van der Waals surface area contributed by atoms with Crippen molar-refractivity contribution in [3.8, 4) is 28.5 Å². The van der Waals surface area contributed by atoms with Crippen molar-refractivity contribution in [2.24, 2.45) is 0 Å². The van der Waals surface area contributed by atoms with Crippen LogP contribution in [0.25, 0.3) is 22.8 Å². The van der Waals surface area contributed by atoms with E-state index in [1.54, 1.807) is 43.3 Å². The molecule has 0 aliphatic carbocycles. The summed E-state index contributed by atoms with van der Waals surface area (Å²) in [5.41, 5.74) is 2.24. The van der Waals surface area contributed by atoms with Gasteiger partial charge in [-0.25, -0.2) is 14.4 Å². The Morgan fingerprint density at radius 2 is 1.87 bits per heavy atom. The van der Waals surface area contributed by atoms with Crippen LogP contribution in [-0.4, -0.2) is 31.1 Å². The van der Waals surface area contributed by atoms with E-state index < -0.39 is 0 Å². The van der Waals surface area contributed by atoms with Gasteiger partial charge in [0.1, 0.15) is 11.6 Å². The Balaban J connectivity index is 1.33. The number of nitrogens with zero attached hydrogens (tertiary/aromatic N) is 4. The van der Waals surface area contributed by atoms with Gasteiger partial charge in [-0.15, -0.1) is 0 Å². The molecule has 2 aromatic carbocycles. The zero-order valence-electron chi connectivity index (χ0n) is 16.5. The third-order valence-corrected chi connectivity index (χ3v) is 4.49. The molecule has 4 rings (SSSR count). The van der Waals surface area contributed by atoms with Gasteiger partial charge in [-0.05, 0) is 42.8 Å². The lowest BCUT2D eigenvalue weighted by atomic mass is 10.1. The smallest absolute Gasteiger partial charge is 0.227 e. The van der Waals surface area contributed by atoms with Crippen LogP contribution in [0.3, 0.4) is 0 Å². The van der Waals surface area contributed by atoms with Crippen LogP contribution < -0.4 is 5.32 Å². The van der Waals surface area contributed by atoms with Gasteiger partial charge >= 0.3 is 0 Å². The maximum Gasteiger partial charge on any atom is 0.227 e. The SMILES string of the molecule is Cc1cc(-c2noc(CCC(=O)Nc3cnc(-c4cccc(O)c4)nc3)n2)ccc1F. The van der Waals surface area contributed by atoms with E-state index >= 15 is 0 Å². The number of amides is 1. The Morgan fingerprint density at radius 1 is 1.10 bits per heavy atom. The summed E-state index contributed by atoms with van der Waals surface area (Å²) in [4.78, 5) is 24.9. The maximum atomic E-state index is 13.4. The number of halogens is 1. The Hall–Kier alpha value is -4.14. The second-order valence-electron chi connectivity index (χ2n) is 6.87. The van der Waals surface area contributed by atoms with Gasteiger partial charge < -0.3 is 14.9 Å². The van der Waals surface area contributed by atoms with Crippen molar-refractivity contribution < 1.29 is 18.8 Å². The van der Waals surface area contributed by atoms with Gasteiger partial charge in [0.2, 0.25) is 17.6 Å². The van der Waals surface area contributed by atoms with E-state index in [2.05, 4.69) is 25.4 Å². The average molecular weight is 419 g/mol. The van der Waals surface area contributed by atoms with Gasteiger partial charge in [-0.2, -0.15) is 4.98 Å². The molecule has 1 amide bonds. The summed E-state index contributed by atoms with van der Waals surface area (Å²) in [6.45, 7) is 1.66. The van der Waals surface area contributed by atoms with Crippen molar-refractivity contribution >= 4 is 11.6 Å². The second kappa shape index (κ2) is 8.70. The molecule has 31 heavy (non-hydrogen) atoms. The molecule has 0 fully saturated rings. The minimum atomic E-state index is -0.303. The molecule has 2 aromatic heterocycles. The molecule has 2 N–H and O–H groups in total. The summed E-state index contributed by atoms with van der Waals surface area (Å²) in [5, 5.41) is 16.1. The quantitative estimate of drug-likeness (QED) is 0.487. The molecule has 0 saturated heterocycles. The minimum Gasteiger partial charge on any atom is -0.508 e. The summed E-state index contributed by atoms with van der Waals surface area (Å²) in [6, 6.07) is 11.1. The van der Waals surface area contributed by atoms with Crippen LogP contribution in [0.15, 0.2) is 59.4 Å². The molecule has 0 bridgehead atoms. The van der Waals surface area contributed by atoms with E-state index in [9.17, 15) is 14.3 Å². The Kier molecular flexibility index (Phi) is 5.65. The predicted molar refractivity (Wildman–Crippen MR) is 111 cm³/mol. The van der Waals surface area contributed by atoms with Crippen molar-refractivity contribution in [1.29, 1.82) is 0 Å². The van der Waals surface area contributed by atoms with Crippen molar-refractivity contribution in [3.05, 3.63) is 72.1 Å². The van der Waals surface area contributed by atoms with Crippen molar-refractivity contribution in [2.75, 3.05) is 5.32 Å². The van der Waals surface area contributed by atoms with E-state index in [1.807, 2.05) is 0 Å². The summed E-state index contributed by atoms with van der Waals surface area (Å²) in [7, 11) is 0. The lowest BCUT2D eigenvalue weighted by Gasteiger charge is -2.05. The first kappa shape index (κ1) is 20.1. The number of aromatic nitrogens is 4. The van der Waals surface area contributed by atoms with Crippen LogP contribution in [0.2, 0.25) is 0 Å². The Labute approximate surface area is 176 Å². The van der Waals surface area contributed by atoms with E-state index in [0.717, 1.165) is 0 Å². The number of carbonyl (C=O) groups is 1. The van der Waals surface area contributed by atoms with Gasteiger partial charge in [0.15, 0.2) is 5.82 Å². The number of hydrogen-bond donors (Lipinski definition) is 2. The number of hydrogen-bond acceptors (Lipinski definition) is 7. The van der Waals surface area contributed by atoms with Crippen LogP contribution >= 0.6 is 0 Å². The molecule has 156 valence electrons. The fourth-order valence-corrected chi connectivity index (χ4v) is 2.89. The topological polar surface area (TPSA) is 114 Å². The number of aromatic hydroxyl groups is 1. The Bertz CT molecular complexity index is 1220. The highest BCUT2D eigenvalue weighted by molar-refractivity contribution is 5.90. The molecular formula is C22H18FN5O3. The molecule has 0 aliphatic heterocycles. The van der Waals surface area contributed by atoms with Crippen molar-refractivity contribution in [2.45, 2.75) is 19.8 Å². The number of rotatable bonds is 6. The maximum absolute atomic E-state index is 13.4. The van der Waals surface area contributed by atoms with Crippen LogP contribution in [0.1, 0.15) is 17.9 Å². The van der Waals surface area contributed by atoms with E-state index in [-0.39, 0.29) is 30.3 Å². The standard InChI is InChI=1S/C22H18FN5O3/c1-13-9-15(5-6-18(13)23)22-27-20(31-28-22)8-7-19(30)26-16-11-24-21(25-12-16)14-3-2-4-17(29)10-14/h2-6,9-12,29H,7-8H2,1H3,(H,26,30). The zero-order valence-corrected chi connectivity index (χ0v) is 16.5. The third-order valence-electron chi connectivity index (χ3n) is 4.49. The summed E-state index contributed by atoms with van der Waals surface area (Å²) >= 11 is 0. The lowest BCUT2D eigenvalue weighted by Crippen LogP contribution is -2.13. The number of phenols is 1. The van der Waals surface area contributed by atoms with Crippen LogP contribution in [-0.2, 0) is 11.2 Å². The lowest BCUT2D eigenvalue weighted by molar-refractivity contribution is -0.116. The summed E-state index contributed by atoms with van der Waals surface area (Å²) in [6.07, 6.45) is 3.36. The third kappa shape index (κ3) is 4.89. The minimum absolute atomic E-state index is 0.122. The van der Waals surface area contributed by atoms with Gasteiger partial charge in [0, 0.05) is 24.0 Å². The fraction of sp³-hybridized carbons (Fsp3) is 0.136. The first-order chi connectivity index (χ1) is 15.0. The van der Waals surface area contributed by atoms with Crippen LogP contribution in [0.5, 0.6) is 5.75 Å². The molecule has 0 radical (unpaired) electrons. The highest BCUT2D eigenvalue weighted by Gasteiger charge is 2.12. The first-order valence-electron chi connectivity index (χ1n) is 9.48. The normalized spacial score (nSPS) is 10.8. The van der Waals surface area contributed by atoms with Crippen LogP contribution in [0, 0.1) is 12.7 Å². The number of anilines is 1. The van der Waals surface area contributed by atoms with E-state index in [0.29, 0.717) is 39.9 Å². The molecule has 9 heteroatoms. The van der Waals surface area contributed by atoms with Crippen LogP contribution in [0.4, 0.5) is 10.1 Å². The van der Waals surface area contributed by atoms with Gasteiger partial charge in [0.05, 0.1) is 18.1 Å². The largest absolute Gasteiger partial charge is 0.508 e. The van der Waals surface area contributed by atoms with Gasteiger partial charge in [0.25, 0.3) is 0 Å². The average Bonchev–Trinajstić information content (AvgIpc) is 3.24. The van der Waals surface area contributed by atoms with E-state index in [1.165, 1.54) is 18.5 Å². The molecular weight excluding hydrogens is 401 g/mol. The molecule has 4 aromatic rings. The van der Waals surface area contributed by atoms with Gasteiger partial charge in [-0.1, -0.05) is 17.3 Å². The molecule has 0 unspecified atom stereocenters. The number of carbonyl (C=O) groups excluding carboxylic acids is 1. The number of phenolic OH excluding ortho intramolecular Hbond substituents is 1. The van der Waals surface area contributed by atoms with E-state index in [4.69, 9.17) is 4.52 Å². The number of nitrogens with one attached hydrogen (secondary N) is 1. The second-order valence-corrected chi connectivity index (χ2v) is 6.87. The molecule has 0 atom stereocenters. The number of aryl methyl sites for hydroxylation is 2. The summed E-state index contributed by atoms with van der Waals surface area (Å²) < 4.78 is 18.6. The highest BCUT2D eigenvalue weighted by Crippen LogP contribution is 2.21. The van der Waals surface area contributed by atoms with Crippen molar-refractivity contribution in [1.82, 2.24) is 20.1 Å². The summed E-state index contributed by atoms with van der Waals surface area (Å²) in [5.74, 6) is 0.645. The molecule has 8 nitrogen and oxygen atoms in total. The highest BCUT2D eigenvalue weighted by atomic mass is 19.1. The molecule has 0 spiro atoms. The Morgan fingerprint density at radius 3 is 2.61 bits per heavy atom. The monoisotopic (exact) mass is 419 g/mol. The predicted octanol–water partition coefficient (Wildman–Crippen LogP) is 3.92. The van der Waals surface area contributed by atoms with Gasteiger partial charge in [-0.3, -0.25) is 4.79 Å². The number of benzene rings is 2. The zero-order chi connectivity index (χ0) is 21.8. The fourth-order valence-electron chi connectivity index (χ4n) is 2.89.